The van der Waals surface area contributed by atoms with Crippen LogP contribution >= 0.6 is 0 Å². The van der Waals surface area contributed by atoms with Crippen molar-refractivity contribution >= 4 is 11.2 Å². The number of fused-ring (bicyclic) bond motifs is 1. The second kappa shape index (κ2) is 4.29. The molecule has 3 heterocycles. The SMILES string of the molecule is CC(C)c1nc2cccnc2n1Cc1ccco1. The summed E-state index contributed by atoms with van der Waals surface area (Å²) in [6, 6.07) is 7.78. The van der Waals surface area contributed by atoms with Crippen LogP contribution in [0.5, 0.6) is 0 Å². The fourth-order valence-electron chi connectivity index (χ4n) is 2.13. The third-order valence-electron chi connectivity index (χ3n) is 2.94. The summed E-state index contributed by atoms with van der Waals surface area (Å²) in [5, 5.41) is 0. The minimum absolute atomic E-state index is 0.356. The Morgan fingerprint density at radius 1 is 1.28 bits per heavy atom. The normalized spacial score (nSPS) is 11.5. The third kappa shape index (κ3) is 1.79. The van der Waals surface area contributed by atoms with Crippen LogP contribution < -0.4 is 0 Å². The van der Waals surface area contributed by atoms with E-state index < -0.39 is 0 Å². The number of furan rings is 1. The first-order valence-corrected chi connectivity index (χ1v) is 6.09. The lowest BCUT2D eigenvalue weighted by atomic mass is 10.2. The number of hydrogen-bond donors (Lipinski definition) is 0. The molecule has 0 radical (unpaired) electrons. The van der Waals surface area contributed by atoms with Gasteiger partial charge in [0.05, 0.1) is 12.8 Å². The molecule has 0 aliphatic carbocycles. The molecule has 0 aliphatic heterocycles. The van der Waals surface area contributed by atoms with Crippen molar-refractivity contribution in [2.45, 2.75) is 26.3 Å². The summed E-state index contributed by atoms with van der Waals surface area (Å²) >= 11 is 0. The maximum absolute atomic E-state index is 5.41. The lowest BCUT2D eigenvalue weighted by molar-refractivity contribution is 0.488. The van der Waals surface area contributed by atoms with E-state index in [-0.39, 0.29) is 0 Å². The van der Waals surface area contributed by atoms with Crippen molar-refractivity contribution < 1.29 is 4.42 Å². The molecule has 0 N–H and O–H groups in total. The van der Waals surface area contributed by atoms with E-state index in [9.17, 15) is 0 Å². The van der Waals surface area contributed by atoms with Crippen molar-refractivity contribution in [3.8, 4) is 0 Å². The molecule has 4 nitrogen and oxygen atoms in total. The van der Waals surface area contributed by atoms with E-state index in [0.29, 0.717) is 12.5 Å². The smallest absolute Gasteiger partial charge is 0.160 e. The summed E-state index contributed by atoms with van der Waals surface area (Å²) < 4.78 is 7.54. The van der Waals surface area contributed by atoms with E-state index in [1.54, 1.807) is 12.5 Å². The van der Waals surface area contributed by atoms with Crippen LogP contribution in [0.2, 0.25) is 0 Å². The van der Waals surface area contributed by atoms with Crippen molar-refractivity contribution in [2.24, 2.45) is 0 Å². The van der Waals surface area contributed by atoms with Crippen LogP contribution in [0, 0.1) is 0 Å². The van der Waals surface area contributed by atoms with Crippen molar-refractivity contribution in [3.63, 3.8) is 0 Å². The van der Waals surface area contributed by atoms with Gasteiger partial charge in [-0.15, -0.1) is 0 Å². The molecular formula is C14H15N3O. The van der Waals surface area contributed by atoms with Gasteiger partial charge in [0.15, 0.2) is 5.65 Å². The van der Waals surface area contributed by atoms with Crippen molar-refractivity contribution in [1.29, 1.82) is 0 Å². The van der Waals surface area contributed by atoms with E-state index in [0.717, 1.165) is 22.7 Å². The maximum Gasteiger partial charge on any atom is 0.160 e. The average molecular weight is 241 g/mol. The van der Waals surface area contributed by atoms with Crippen molar-refractivity contribution in [2.75, 3.05) is 0 Å². The Morgan fingerprint density at radius 2 is 2.17 bits per heavy atom. The summed E-state index contributed by atoms with van der Waals surface area (Å²) in [5.74, 6) is 2.32. The lowest BCUT2D eigenvalue weighted by Crippen LogP contribution is -2.06. The zero-order valence-corrected chi connectivity index (χ0v) is 10.5. The highest BCUT2D eigenvalue weighted by atomic mass is 16.3. The first kappa shape index (κ1) is 11.0. The Kier molecular flexibility index (Phi) is 2.63. The van der Waals surface area contributed by atoms with E-state index in [1.165, 1.54) is 0 Å². The number of rotatable bonds is 3. The lowest BCUT2D eigenvalue weighted by Gasteiger charge is -2.09. The van der Waals surface area contributed by atoms with Crippen LogP contribution in [0.1, 0.15) is 31.4 Å². The summed E-state index contributed by atoms with van der Waals surface area (Å²) in [5.41, 5.74) is 1.85. The van der Waals surface area contributed by atoms with E-state index in [1.807, 2.05) is 24.3 Å². The second-order valence-corrected chi connectivity index (χ2v) is 4.64. The van der Waals surface area contributed by atoms with Gasteiger partial charge in [0.1, 0.15) is 17.1 Å². The predicted molar refractivity (Wildman–Crippen MR) is 69.4 cm³/mol. The molecule has 0 saturated carbocycles. The third-order valence-corrected chi connectivity index (χ3v) is 2.94. The molecule has 0 unspecified atom stereocenters. The molecule has 0 atom stereocenters. The number of imidazole rings is 1. The molecule has 3 aromatic heterocycles. The number of aromatic nitrogens is 3. The number of pyridine rings is 1. The summed E-state index contributed by atoms with van der Waals surface area (Å²) in [6.07, 6.45) is 3.49. The molecule has 3 aromatic rings. The van der Waals surface area contributed by atoms with Crippen LogP contribution in [-0.4, -0.2) is 14.5 Å². The van der Waals surface area contributed by atoms with Gasteiger partial charge in [0.25, 0.3) is 0 Å². The van der Waals surface area contributed by atoms with Crippen LogP contribution in [0.3, 0.4) is 0 Å². The fourth-order valence-corrected chi connectivity index (χ4v) is 2.13. The van der Waals surface area contributed by atoms with E-state index >= 15 is 0 Å². The zero-order chi connectivity index (χ0) is 12.5. The molecule has 0 fully saturated rings. The quantitative estimate of drug-likeness (QED) is 0.707. The highest BCUT2D eigenvalue weighted by Crippen LogP contribution is 2.21. The Balaban J connectivity index is 2.15. The zero-order valence-electron chi connectivity index (χ0n) is 10.5. The molecule has 0 saturated heterocycles. The molecule has 0 aromatic carbocycles. The van der Waals surface area contributed by atoms with Gasteiger partial charge in [0, 0.05) is 12.1 Å². The molecule has 0 amide bonds. The molecular weight excluding hydrogens is 226 g/mol. The second-order valence-electron chi connectivity index (χ2n) is 4.64. The van der Waals surface area contributed by atoms with Gasteiger partial charge in [-0.1, -0.05) is 13.8 Å². The molecule has 0 bridgehead atoms. The average Bonchev–Trinajstić information content (AvgIpc) is 2.98. The first-order chi connectivity index (χ1) is 8.75. The number of hydrogen-bond acceptors (Lipinski definition) is 3. The molecule has 18 heavy (non-hydrogen) atoms. The van der Waals surface area contributed by atoms with Crippen LogP contribution in [0.25, 0.3) is 11.2 Å². The first-order valence-electron chi connectivity index (χ1n) is 6.09. The van der Waals surface area contributed by atoms with Crippen LogP contribution in [0.4, 0.5) is 0 Å². The molecule has 4 heteroatoms. The van der Waals surface area contributed by atoms with Gasteiger partial charge in [-0.05, 0) is 24.3 Å². The number of nitrogens with zero attached hydrogens (tertiary/aromatic N) is 3. The summed E-state index contributed by atoms with van der Waals surface area (Å²) in [4.78, 5) is 9.08. The topological polar surface area (TPSA) is 43.9 Å². The van der Waals surface area contributed by atoms with Gasteiger partial charge in [-0.2, -0.15) is 0 Å². The largest absolute Gasteiger partial charge is 0.467 e. The van der Waals surface area contributed by atoms with Gasteiger partial charge in [-0.3, -0.25) is 0 Å². The maximum atomic E-state index is 5.41. The minimum atomic E-state index is 0.356. The van der Waals surface area contributed by atoms with Crippen molar-refractivity contribution in [1.82, 2.24) is 14.5 Å². The Hall–Kier alpha value is -2.10. The highest BCUT2D eigenvalue weighted by molar-refractivity contribution is 5.71. The van der Waals surface area contributed by atoms with E-state index in [2.05, 4.69) is 28.4 Å². The Labute approximate surface area is 105 Å². The van der Waals surface area contributed by atoms with Gasteiger partial charge >= 0.3 is 0 Å². The van der Waals surface area contributed by atoms with Crippen LogP contribution in [0.15, 0.2) is 41.1 Å². The summed E-state index contributed by atoms with van der Waals surface area (Å²) in [7, 11) is 0. The van der Waals surface area contributed by atoms with Crippen molar-refractivity contribution in [3.05, 3.63) is 48.3 Å². The highest BCUT2D eigenvalue weighted by Gasteiger charge is 2.15. The fraction of sp³-hybridized carbons (Fsp3) is 0.286. The molecule has 0 aliphatic rings. The minimum Gasteiger partial charge on any atom is -0.467 e. The standard InChI is InChI=1S/C14H15N3O/c1-10(2)13-16-12-6-3-7-15-14(12)17(13)9-11-5-4-8-18-11/h3-8,10H,9H2,1-2H3. The van der Waals surface area contributed by atoms with Gasteiger partial charge < -0.3 is 8.98 Å². The Morgan fingerprint density at radius 3 is 2.89 bits per heavy atom. The summed E-state index contributed by atoms with van der Waals surface area (Å²) in [6.45, 7) is 4.95. The monoisotopic (exact) mass is 241 g/mol. The molecule has 0 spiro atoms. The molecule has 92 valence electrons. The van der Waals surface area contributed by atoms with E-state index in [4.69, 9.17) is 4.42 Å². The van der Waals surface area contributed by atoms with Gasteiger partial charge in [0.2, 0.25) is 0 Å². The van der Waals surface area contributed by atoms with Gasteiger partial charge in [-0.25, -0.2) is 9.97 Å². The predicted octanol–water partition coefficient (Wildman–Crippen LogP) is 3.20. The van der Waals surface area contributed by atoms with Crippen LogP contribution in [-0.2, 0) is 6.54 Å². The molecule has 3 rings (SSSR count). The Bertz CT molecular complexity index is 653.